The highest BCUT2D eigenvalue weighted by molar-refractivity contribution is 5.73. The summed E-state index contributed by atoms with van der Waals surface area (Å²) >= 11 is 0. The van der Waals surface area contributed by atoms with Crippen molar-refractivity contribution < 1.29 is 9.90 Å². The maximum absolute atomic E-state index is 10.8. The molecule has 0 aliphatic heterocycles. The molecule has 17 heavy (non-hydrogen) atoms. The molecule has 94 valence electrons. The van der Waals surface area contributed by atoms with E-state index < -0.39 is 12.0 Å². The Balaban J connectivity index is 3.09. The van der Waals surface area contributed by atoms with E-state index >= 15 is 0 Å². The van der Waals surface area contributed by atoms with Gasteiger partial charge >= 0.3 is 5.97 Å². The first-order chi connectivity index (χ1) is 7.82. The van der Waals surface area contributed by atoms with E-state index in [1.807, 2.05) is 6.92 Å². The molecule has 0 saturated carbocycles. The van der Waals surface area contributed by atoms with Gasteiger partial charge in [0.1, 0.15) is 6.04 Å². The van der Waals surface area contributed by atoms with Crippen LogP contribution in [0.4, 0.5) is 0 Å². The molecule has 1 atom stereocenters. The average molecular weight is 235 g/mol. The Hall–Kier alpha value is -1.35. The number of aryl methyl sites for hydroxylation is 1. The third-order valence-corrected chi connectivity index (χ3v) is 3.22. The molecule has 0 amide bonds. The Morgan fingerprint density at radius 1 is 1.35 bits per heavy atom. The van der Waals surface area contributed by atoms with Gasteiger partial charge in [-0.05, 0) is 48.4 Å². The van der Waals surface area contributed by atoms with Crippen LogP contribution in [0, 0.1) is 13.8 Å². The molecular weight excluding hydrogens is 214 g/mol. The van der Waals surface area contributed by atoms with Gasteiger partial charge in [-0.1, -0.05) is 26.0 Å². The fourth-order valence-corrected chi connectivity index (χ4v) is 1.83. The molecular formula is C14H21NO2. The first kappa shape index (κ1) is 13.7. The molecule has 3 nitrogen and oxygen atoms in total. The Morgan fingerprint density at radius 2 is 1.94 bits per heavy atom. The van der Waals surface area contributed by atoms with E-state index in [-0.39, 0.29) is 0 Å². The number of aliphatic carboxylic acids is 1. The number of nitrogens with two attached hydrogens (primary N) is 1. The van der Waals surface area contributed by atoms with E-state index in [0.29, 0.717) is 12.3 Å². The van der Waals surface area contributed by atoms with Crippen LogP contribution in [-0.2, 0) is 11.2 Å². The number of hydrogen-bond acceptors (Lipinski definition) is 2. The monoisotopic (exact) mass is 235 g/mol. The number of carboxylic acid groups (broad SMARTS) is 1. The molecule has 3 N–H and O–H groups in total. The van der Waals surface area contributed by atoms with Crippen molar-refractivity contribution in [3.63, 3.8) is 0 Å². The first-order valence-electron chi connectivity index (χ1n) is 5.91. The number of hydrogen-bond donors (Lipinski definition) is 2. The largest absolute Gasteiger partial charge is 0.480 e. The lowest BCUT2D eigenvalue weighted by Crippen LogP contribution is -2.32. The van der Waals surface area contributed by atoms with Gasteiger partial charge in [0.25, 0.3) is 0 Å². The Bertz CT molecular complexity index is 424. The van der Waals surface area contributed by atoms with Crippen molar-refractivity contribution in [3.8, 4) is 0 Å². The summed E-state index contributed by atoms with van der Waals surface area (Å²) in [7, 11) is 0. The van der Waals surface area contributed by atoms with E-state index in [9.17, 15) is 4.79 Å². The Labute approximate surface area is 103 Å². The first-order valence-corrected chi connectivity index (χ1v) is 5.91. The highest BCUT2D eigenvalue weighted by Crippen LogP contribution is 2.23. The molecule has 1 unspecified atom stereocenters. The second kappa shape index (κ2) is 5.32. The van der Waals surface area contributed by atoms with Crippen molar-refractivity contribution in [2.75, 3.05) is 0 Å². The quantitative estimate of drug-likeness (QED) is 0.842. The Morgan fingerprint density at radius 3 is 2.41 bits per heavy atom. The molecule has 3 heteroatoms. The summed E-state index contributed by atoms with van der Waals surface area (Å²) in [5.41, 5.74) is 10.2. The molecule has 0 radical (unpaired) electrons. The van der Waals surface area contributed by atoms with E-state index in [0.717, 1.165) is 11.1 Å². The molecule has 1 rings (SSSR count). The van der Waals surface area contributed by atoms with E-state index in [4.69, 9.17) is 10.8 Å². The van der Waals surface area contributed by atoms with E-state index in [2.05, 4.69) is 32.9 Å². The molecule has 1 aromatic carbocycles. The summed E-state index contributed by atoms with van der Waals surface area (Å²) in [5, 5.41) is 8.86. The molecule has 0 heterocycles. The van der Waals surface area contributed by atoms with Gasteiger partial charge in [-0.3, -0.25) is 4.79 Å². The minimum atomic E-state index is -0.947. The summed E-state index contributed by atoms with van der Waals surface area (Å²) in [6.45, 7) is 8.33. The van der Waals surface area contributed by atoms with Gasteiger partial charge in [0.05, 0.1) is 0 Å². The maximum atomic E-state index is 10.8. The van der Waals surface area contributed by atoms with Gasteiger partial charge in [-0.2, -0.15) is 0 Å². The zero-order chi connectivity index (χ0) is 13.2. The van der Waals surface area contributed by atoms with Crippen molar-refractivity contribution in [2.45, 2.75) is 46.1 Å². The maximum Gasteiger partial charge on any atom is 0.320 e. The van der Waals surface area contributed by atoms with Crippen molar-refractivity contribution in [1.82, 2.24) is 0 Å². The van der Waals surface area contributed by atoms with Crippen LogP contribution in [0.15, 0.2) is 12.1 Å². The highest BCUT2D eigenvalue weighted by atomic mass is 16.4. The number of carboxylic acids is 1. The van der Waals surface area contributed by atoms with Gasteiger partial charge in [-0.25, -0.2) is 0 Å². The smallest absolute Gasteiger partial charge is 0.320 e. The average Bonchev–Trinajstić information content (AvgIpc) is 2.23. The van der Waals surface area contributed by atoms with Gasteiger partial charge in [0.15, 0.2) is 0 Å². The van der Waals surface area contributed by atoms with Crippen molar-refractivity contribution in [2.24, 2.45) is 5.73 Å². The minimum absolute atomic E-state index is 0.391. The lowest BCUT2D eigenvalue weighted by Gasteiger charge is -2.15. The van der Waals surface area contributed by atoms with Gasteiger partial charge in [-0.15, -0.1) is 0 Å². The van der Waals surface area contributed by atoms with Crippen LogP contribution in [0.25, 0.3) is 0 Å². The van der Waals surface area contributed by atoms with Gasteiger partial charge in [0, 0.05) is 0 Å². The fraction of sp³-hybridized carbons (Fsp3) is 0.500. The number of rotatable bonds is 4. The lowest BCUT2D eigenvalue weighted by atomic mass is 9.91. The fourth-order valence-electron chi connectivity index (χ4n) is 1.83. The number of carbonyl (C=O) groups is 1. The summed E-state index contributed by atoms with van der Waals surface area (Å²) in [6.07, 6.45) is 0.391. The zero-order valence-electron chi connectivity index (χ0n) is 10.9. The zero-order valence-corrected chi connectivity index (χ0v) is 10.9. The predicted octanol–water partition coefficient (Wildman–Crippen LogP) is 2.38. The Kier molecular flexibility index (Phi) is 4.29. The van der Waals surface area contributed by atoms with Crippen LogP contribution in [-0.4, -0.2) is 17.1 Å². The van der Waals surface area contributed by atoms with Crippen LogP contribution in [0.1, 0.15) is 42.0 Å². The molecule has 1 aromatic rings. The van der Waals surface area contributed by atoms with E-state index in [1.165, 1.54) is 11.1 Å². The molecule has 0 aliphatic rings. The molecule has 0 aromatic heterocycles. The third-order valence-electron chi connectivity index (χ3n) is 3.22. The molecule has 0 spiro atoms. The van der Waals surface area contributed by atoms with Crippen LogP contribution in [0.5, 0.6) is 0 Å². The van der Waals surface area contributed by atoms with Crippen molar-refractivity contribution >= 4 is 5.97 Å². The normalized spacial score (nSPS) is 12.8. The van der Waals surface area contributed by atoms with Gasteiger partial charge in [0.2, 0.25) is 0 Å². The molecule has 0 bridgehead atoms. The standard InChI is InChI=1S/C14H21NO2/c1-8(2)11-5-9(3)10(4)12(6-11)7-13(15)14(16)17/h5-6,8,13H,7,15H2,1-4H3,(H,16,17). The molecule has 0 fully saturated rings. The van der Waals surface area contributed by atoms with Crippen molar-refractivity contribution in [1.29, 1.82) is 0 Å². The second-order valence-corrected chi connectivity index (χ2v) is 4.93. The highest BCUT2D eigenvalue weighted by Gasteiger charge is 2.15. The molecule has 0 aliphatic carbocycles. The summed E-state index contributed by atoms with van der Waals surface area (Å²) in [4.78, 5) is 10.8. The van der Waals surface area contributed by atoms with Crippen LogP contribution >= 0.6 is 0 Å². The predicted molar refractivity (Wildman–Crippen MR) is 69.3 cm³/mol. The van der Waals surface area contributed by atoms with E-state index in [1.54, 1.807) is 0 Å². The summed E-state index contributed by atoms with van der Waals surface area (Å²) < 4.78 is 0. The van der Waals surface area contributed by atoms with Crippen molar-refractivity contribution in [3.05, 3.63) is 34.4 Å². The summed E-state index contributed by atoms with van der Waals surface area (Å²) in [6, 6.07) is 3.42. The summed E-state index contributed by atoms with van der Waals surface area (Å²) in [5.74, 6) is -0.508. The van der Waals surface area contributed by atoms with Crippen LogP contribution in [0.3, 0.4) is 0 Å². The van der Waals surface area contributed by atoms with Gasteiger partial charge < -0.3 is 10.8 Å². The molecule has 0 saturated heterocycles. The van der Waals surface area contributed by atoms with Crippen LogP contribution < -0.4 is 5.73 Å². The SMILES string of the molecule is Cc1cc(C(C)C)cc(CC(N)C(=O)O)c1C. The number of benzene rings is 1. The second-order valence-electron chi connectivity index (χ2n) is 4.93. The lowest BCUT2D eigenvalue weighted by molar-refractivity contribution is -0.138. The van der Waals surface area contributed by atoms with Crippen LogP contribution in [0.2, 0.25) is 0 Å². The third kappa shape index (κ3) is 3.30. The minimum Gasteiger partial charge on any atom is -0.480 e. The topological polar surface area (TPSA) is 63.3 Å².